The molecule has 2 aromatic rings. The lowest BCUT2D eigenvalue weighted by Gasteiger charge is -2.29. The third-order valence-electron chi connectivity index (χ3n) is 4.45. The van der Waals surface area contributed by atoms with Crippen molar-refractivity contribution in [3.8, 4) is 11.5 Å². The summed E-state index contributed by atoms with van der Waals surface area (Å²) in [5.74, 6) is 0.481. The second-order valence-electron chi connectivity index (χ2n) is 7.52. The fraction of sp³-hybridized carbons (Fsp3) is 0.250. The molecule has 2 aliphatic heterocycles. The van der Waals surface area contributed by atoms with Gasteiger partial charge in [-0.05, 0) is 51.1 Å². The maximum absolute atomic E-state index is 12.6. The Morgan fingerprint density at radius 2 is 1.50 bits per heavy atom. The standard InChI is InChI=1S/C20H19N3O5/c1-20(2,3)23-17(24)13-6-4-11(8-14(13)18(23)25)21-19(26)22-12-5-7-15-16(9-12)28-10-27-15/h4-9H,10H2,1-3H3,(H2,21,22,26). The van der Waals surface area contributed by atoms with Crippen molar-refractivity contribution in [1.29, 1.82) is 0 Å². The molecule has 0 fully saturated rings. The number of fused-ring (bicyclic) bond motifs is 2. The molecule has 0 atom stereocenters. The summed E-state index contributed by atoms with van der Waals surface area (Å²) >= 11 is 0. The Morgan fingerprint density at radius 1 is 0.893 bits per heavy atom. The van der Waals surface area contributed by atoms with Crippen LogP contribution in [0.4, 0.5) is 16.2 Å². The predicted octanol–water partition coefficient (Wildman–Crippen LogP) is 3.45. The van der Waals surface area contributed by atoms with Gasteiger partial charge in [0.1, 0.15) is 0 Å². The molecule has 0 aromatic heterocycles. The first-order valence-corrected chi connectivity index (χ1v) is 8.74. The first-order valence-electron chi connectivity index (χ1n) is 8.74. The fourth-order valence-electron chi connectivity index (χ4n) is 3.20. The van der Waals surface area contributed by atoms with Crippen LogP contribution in [0.15, 0.2) is 36.4 Å². The van der Waals surface area contributed by atoms with E-state index in [9.17, 15) is 14.4 Å². The molecular formula is C20H19N3O5. The summed E-state index contributed by atoms with van der Waals surface area (Å²) in [6.07, 6.45) is 0. The van der Waals surface area contributed by atoms with Crippen molar-refractivity contribution < 1.29 is 23.9 Å². The van der Waals surface area contributed by atoms with E-state index >= 15 is 0 Å². The van der Waals surface area contributed by atoms with Gasteiger partial charge in [-0.15, -0.1) is 0 Å². The lowest BCUT2D eigenvalue weighted by Crippen LogP contribution is -2.45. The molecule has 8 nitrogen and oxygen atoms in total. The highest BCUT2D eigenvalue weighted by molar-refractivity contribution is 6.22. The third-order valence-corrected chi connectivity index (χ3v) is 4.45. The van der Waals surface area contributed by atoms with Crippen molar-refractivity contribution in [1.82, 2.24) is 4.90 Å². The van der Waals surface area contributed by atoms with Crippen LogP contribution in [0.3, 0.4) is 0 Å². The molecule has 0 radical (unpaired) electrons. The number of carbonyl (C=O) groups excluding carboxylic acids is 3. The summed E-state index contributed by atoms with van der Waals surface area (Å²) in [4.78, 5) is 38.7. The van der Waals surface area contributed by atoms with Crippen LogP contribution in [0.1, 0.15) is 41.5 Å². The van der Waals surface area contributed by atoms with E-state index in [4.69, 9.17) is 9.47 Å². The van der Waals surface area contributed by atoms with Gasteiger partial charge in [-0.2, -0.15) is 0 Å². The van der Waals surface area contributed by atoms with Crippen molar-refractivity contribution in [2.24, 2.45) is 0 Å². The zero-order valence-electron chi connectivity index (χ0n) is 15.7. The number of anilines is 2. The number of nitrogens with zero attached hydrogens (tertiary/aromatic N) is 1. The van der Waals surface area contributed by atoms with Gasteiger partial charge in [0, 0.05) is 23.0 Å². The molecule has 2 N–H and O–H groups in total. The van der Waals surface area contributed by atoms with E-state index in [1.54, 1.807) is 51.1 Å². The molecule has 0 bridgehead atoms. The number of nitrogens with one attached hydrogen (secondary N) is 2. The molecule has 28 heavy (non-hydrogen) atoms. The summed E-state index contributed by atoms with van der Waals surface area (Å²) < 4.78 is 10.5. The Bertz CT molecular complexity index is 1010. The van der Waals surface area contributed by atoms with Gasteiger partial charge in [0.15, 0.2) is 11.5 Å². The number of urea groups is 1. The molecule has 0 saturated carbocycles. The van der Waals surface area contributed by atoms with Gasteiger partial charge >= 0.3 is 6.03 Å². The Balaban J connectivity index is 1.50. The smallest absolute Gasteiger partial charge is 0.323 e. The SMILES string of the molecule is CC(C)(C)N1C(=O)c2ccc(NC(=O)Nc3ccc4c(c3)OCO4)cc2C1=O. The highest BCUT2D eigenvalue weighted by Gasteiger charge is 2.41. The van der Waals surface area contributed by atoms with Crippen LogP contribution in [0, 0.1) is 0 Å². The predicted molar refractivity (Wildman–Crippen MR) is 102 cm³/mol. The molecule has 4 rings (SSSR count). The number of hydrogen-bond donors (Lipinski definition) is 2. The zero-order chi connectivity index (χ0) is 20.1. The minimum atomic E-state index is -0.627. The largest absolute Gasteiger partial charge is 0.454 e. The molecule has 0 spiro atoms. The molecule has 0 saturated heterocycles. The molecule has 2 heterocycles. The summed E-state index contributed by atoms with van der Waals surface area (Å²) in [6.45, 7) is 5.55. The number of imide groups is 1. The molecule has 144 valence electrons. The zero-order valence-corrected chi connectivity index (χ0v) is 15.7. The van der Waals surface area contributed by atoms with E-state index in [1.165, 1.54) is 11.0 Å². The van der Waals surface area contributed by atoms with E-state index in [0.717, 1.165) is 0 Å². The van der Waals surface area contributed by atoms with E-state index in [2.05, 4.69) is 10.6 Å². The Labute approximate surface area is 161 Å². The van der Waals surface area contributed by atoms with Gasteiger partial charge in [0.05, 0.1) is 11.1 Å². The Hall–Kier alpha value is -3.55. The van der Waals surface area contributed by atoms with Gasteiger partial charge in [0.25, 0.3) is 11.8 Å². The summed E-state index contributed by atoms with van der Waals surface area (Å²) in [7, 11) is 0. The average molecular weight is 381 g/mol. The number of carbonyl (C=O) groups is 3. The fourth-order valence-corrected chi connectivity index (χ4v) is 3.20. The van der Waals surface area contributed by atoms with Crippen LogP contribution < -0.4 is 20.1 Å². The highest BCUT2D eigenvalue weighted by atomic mass is 16.7. The van der Waals surface area contributed by atoms with E-state index in [1.807, 2.05) is 0 Å². The van der Waals surface area contributed by atoms with Crippen LogP contribution in [0.2, 0.25) is 0 Å². The summed E-state index contributed by atoms with van der Waals surface area (Å²) in [6, 6.07) is 9.24. The number of hydrogen-bond acceptors (Lipinski definition) is 5. The van der Waals surface area contributed by atoms with Crippen LogP contribution in [0.5, 0.6) is 11.5 Å². The number of ether oxygens (including phenoxy) is 2. The lowest BCUT2D eigenvalue weighted by molar-refractivity contribution is 0.0507. The molecule has 2 aromatic carbocycles. The molecule has 4 amide bonds. The molecule has 0 aliphatic carbocycles. The minimum absolute atomic E-state index is 0.151. The second kappa shape index (κ2) is 6.26. The monoisotopic (exact) mass is 381 g/mol. The van der Waals surface area contributed by atoms with Gasteiger partial charge in [0.2, 0.25) is 6.79 Å². The van der Waals surface area contributed by atoms with Crippen molar-refractivity contribution >= 4 is 29.2 Å². The topological polar surface area (TPSA) is 97.0 Å². The second-order valence-corrected chi connectivity index (χ2v) is 7.52. The van der Waals surface area contributed by atoms with Crippen LogP contribution >= 0.6 is 0 Å². The van der Waals surface area contributed by atoms with Gasteiger partial charge in [-0.3, -0.25) is 14.5 Å². The van der Waals surface area contributed by atoms with Crippen LogP contribution in [-0.2, 0) is 0 Å². The molecule has 0 unspecified atom stereocenters. The first kappa shape index (κ1) is 17.8. The summed E-state index contributed by atoms with van der Waals surface area (Å²) in [5, 5.41) is 5.37. The maximum Gasteiger partial charge on any atom is 0.323 e. The van der Waals surface area contributed by atoms with E-state index in [0.29, 0.717) is 28.4 Å². The Kier molecular flexibility index (Phi) is 3.99. The van der Waals surface area contributed by atoms with Crippen molar-refractivity contribution in [3.05, 3.63) is 47.5 Å². The lowest BCUT2D eigenvalue weighted by atomic mass is 10.1. The Morgan fingerprint density at radius 3 is 2.21 bits per heavy atom. The van der Waals surface area contributed by atoms with Gasteiger partial charge in [-0.25, -0.2) is 4.79 Å². The average Bonchev–Trinajstić information content (AvgIpc) is 3.17. The van der Waals surface area contributed by atoms with Gasteiger partial charge < -0.3 is 20.1 Å². The molecule has 8 heteroatoms. The third kappa shape index (κ3) is 3.02. The van der Waals surface area contributed by atoms with Crippen LogP contribution in [-0.4, -0.2) is 35.1 Å². The normalized spacial score (nSPS) is 14.9. The number of benzene rings is 2. The number of amides is 4. The first-order chi connectivity index (χ1) is 13.2. The van der Waals surface area contributed by atoms with Crippen molar-refractivity contribution in [2.75, 3.05) is 17.4 Å². The molecular weight excluding hydrogens is 362 g/mol. The van der Waals surface area contributed by atoms with E-state index < -0.39 is 11.6 Å². The van der Waals surface area contributed by atoms with Crippen molar-refractivity contribution in [3.63, 3.8) is 0 Å². The highest BCUT2D eigenvalue weighted by Crippen LogP contribution is 2.34. The quantitative estimate of drug-likeness (QED) is 0.777. The minimum Gasteiger partial charge on any atom is -0.454 e. The van der Waals surface area contributed by atoms with Crippen LogP contribution in [0.25, 0.3) is 0 Å². The van der Waals surface area contributed by atoms with Gasteiger partial charge in [-0.1, -0.05) is 0 Å². The van der Waals surface area contributed by atoms with E-state index in [-0.39, 0.29) is 24.2 Å². The summed E-state index contributed by atoms with van der Waals surface area (Å²) in [5.41, 5.74) is 0.932. The molecule has 2 aliphatic rings. The number of rotatable bonds is 2. The van der Waals surface area contributed by atoms with Crippen molar-refractivity contribution in [2.45, 2.75) is 26.3 Å². The maximum atomic E-state index is 12.6.